The Kier molecular flexibility index (Phi) is 3.23. The number of hydrogen-bond acceptors (Lipinski definition) is 5. The molecule has 0 bridgehead atoms. The summed E-state index contributed by atoms with van der Waals surface area (Å²) in [5.74, 6) is 0.870. The molecule has 0 aliphatic carbocycles. The molecule has 2 N–H and O–H groups in total. The highest BCUT2D eigenvalue weighted by atomic mass is 32.2. The predicted octanol–water partition coefficient (Wildman–Crippen LogP) is 2.72. The zero-order valence-electron chi connectivity index (χ0n) is 8.30. The molecular formula is C10H11N3S2. The van der Waals surface area contributed by atoms with E-state index in [1.165, 1.54) is 0 Å². The maximum Gasteiger partial charge on any atom is 0.103 e. The summed E-state index contributed by atoms with van der Waals surface area (Å²) in [6.45, 7) is 2.01. The first-order valence-electron chi connectivity index (χ1n) is 4.49. The van der Waals surface area contributed by atoms with Crippen molar-refractivity contribution in [2.75, 3.05) is 5.73 Å². The molecule has 2 aromatic heterocycles. The summed E-state index contributed by atoms with van der Waals surface area (Å²) in [7, 11) is 0. The van der Waals surface area contributed by atoms with E-state index >= 15 is 0 Å². The van der Waals surface area contributed by atoms with Crippen LogP contribution in [0.25, 0.3) is 0 Å². The number of hydrogen-bond donors (Lipinski definition) is 1. The summed E-state index contributed by atoms with van der Waals surface area (Å²) in [6, 6.07) is 3.79. The van der Waals surface area contributed by atoms with Gasteiger partial charge in [0.2, 0.25) is 0 Å². The van der Waals surface area contributed by atoms with E-state index in [4.69, 9.17) is 5.73 Å². The Morgan fingerprint density at radius 1 is 1.47 bits per heavy atom. The molecule has 0 atom stereocenters. The second-order valence-electron chi connectivity index (χ2n) is 3.10. The molecule has 0 aliphatic rings. The smallest absolute Gasteiger partial charge is 0.103 e. The minimum Gasteiger partial charge on any atom is -0.397 e. The fraction of sp³-hybridized carbons (Fsp3) is 0.200. The molecule has 0 radical (unpaired) electrons. The first-order chi connectivity index (χ1) is 7.24. The minimum absolute atomic E-state index is 0.699. The average Bonchev–Trinajstić information content (AvgIpc) is 2.64. The molecule has 0 aliphatic heterocycles. The molecule has 0 saturated heterocycles. The number of nitrogens with two attached hydrogens (primary N) is 1. The molecule has 0 aromatic carbocycles. The van der Waals surface area contributed by atoms with Crippen molar-refractivity contribution in [1.29, 1.82) is 0 Å². The lowest BCUT2D eigenvalue weighted by Crippen LogP contribution is -1.87. The van der Waals surface area contributed by atoms with Crippen molar-refractivity contribution in [2.24, 2.45) is 0 Å². The number of anilines is 1. The molecule has 78 valence electrons. The van der Waals surface area contributed by atoms with Crippen molar-refractivity contribution in [3.63, 3.8) is 0 Å². The maximum absolute atomic E-state index is 5.56. The molecule has 0 unspecified atom stereocenters. The van der Waals surface area contributed by atoms with Gasteiger partial charge in [-0.1, -0.05) is 11.8 Å². The van der Waals surface area contributed by atoms with Crippen LogP contribution in [0, 0.1) is 6.92 Å². The van der Waals surface area contributed by atoms with Gasteiger partial charge in [-0.2, -0.15) is 0 Å². The summed E-state index contributed by atoms with van der Waals surface area (Å²) >= 11 is 3.36. The number of nitrogens with zero attached hydrogens (tertiary/aromatic N) is 2. The van der Waals surface area contributed by atoms with Crippen LogP contribution in [0.5, 0.6) is 0 Å². The summed E-state index contributed by atoms with van der Waals surface area (Å²) in [6.07, 6.45) is 1.68. The van der Waals surface area contributed by atoms with E-state index in [1.807, 2.05) is 19.1 Å². The van der Waals surface area contributed by atoms with Crippen LogP contribution in [-0.4, -0.2) is 9.97 Å². The fourth-order valence-corrected chi connectivity index (χ4v) is 2.71. The van der Waals surface area contributed by atoms with Gasteiger partial charge >= 0.3 is 0 Å². The van der Waals surface area contributed by atoms with E-state index in [2.05, 4.69) is 15.3 Å². The lowest BCUT2D eigenvalue weighted by Gasteiger charge is -1.98. The van der Waals surface area contributed by atoms with Gasteiger partial charge in [-0.05, 0) is 19.1 Å². The maximum atomic E-state index is 5.56. The Labute approximate surface area is 96.8 Å². The molecule has 2 rings (SSSR count). The van der Waals surface area contributed by atoms with Gasteiger partial charge in [-0.3, -0.25) is 0 Å². The normalized spacial score (nSPS) is 10.5. The summed E-state index contributed by atoms with van der Waals surface area (Å²) in [5.41, 5.74) is 7.34. The van der Waals surface area contributed by atoms with E-state index < -0.39 is 0 Å². The Morgan fingerprint density at radius 3 is 2.93 bits per heavy atom. The number of aryl methyl sites for hydroxylation is 1. The summed E-state index contributed by atoms with van der Waals surface area (Å²) in [4.78, 5) is 8.60. The van der Waals surface area contributed by atoms with Crippen molar-refractivity contribution in [2.45, 2.75) is 17.7 Å². The van der Waals surface area contributed by atoms with Gasteiger partial charge in [0.1, 0.15) is 5.01 Å². The van der Waals surface area contributed by atoms with Crippen molar-refractivity contribution in [3.05, 3.63) is 34.4 Å². The van der Waals surface area contributed by atoms with Crippen molar-refractivity contribution in [3.8, 4) is 0 Å². The van der Waals surface area contributed by atoms with Crippen LogP contribution in [0.2, 0.25) is 0 Å². The average molecular weight is 237 g/mol. The number of thiazole rings is 1. The van der Waals surface area contributed by atoms with E-state index in [1.54, 1.807) is 29.3 Å². The van der Waals surface area contributed by atoms with Crippen LogP contribution in [0.1, 0.15) is 10.7 Å². The number of nitrogen functional groups attached to an aromatic ring is 1. The Balaban J connectivity index is 1.96. The van der Waals surface area contributed by atoms with Gasteiger partial charge in [0.15, 0.2) is 0 Å². The molecular weight excluding hydrogens is 226 g/mol. The minimum atomic E-state index is 0.699. The number of pyridine rings is 1. The fourth-order valence-electron chi connectivity index (χ4n) is 1.08. The van der Waals surface area contributed by atoms with Gasteiger partial charge < -0.3 is 5.73 Å². The van der Waals surface area contributed by atoms with Gasteiger partial charge in [0, 0.05) is 11.1 Å². The van der Waals surface area contributed by atoms with Gasteiger partial charge in [0.25, 0.3) is 0 Å². The number of thioether (sulfide) groups is 1. The lowest BCUT2D eigenvalue weighted by atomic mass is 10.4. The zero-order chi connectivity index (χ0) is 10.7. The third-order valence-electron chi connectivity index (χ3n) is 1.77. The lowest BCUT2D eigenvalue weighted by molar-refractivity contribution is 1.13. The molecule has 0 saturated carbocycles. The zero-order valence-corrected chi connectivity index (χ0v) is 9.94. The van der Waals surface area contributed by atoms with Gasteiger partial charge in [0.05, 0.1) is 22.7 Å². The predicted molar refractivity (Wildman–Crippen MR) is 65.1 cm³/mol. The number of rotatable bonds is 3. The first-order valence-corrected chi connectivity index (χ1v) is 6.36. The highest BCUT2D eigenvalue weighted by Gasteiger charge is 2.00. The van der Waals surface area contributed by atoms with Gasteiger partial charge in [-0.25, -0.2) is 9.97 Å². The summed E-state index contributed by atoms with van der Waals surface area (Å²) in [5, 5.41) is 4.18. The molecule has 2 aromatic rings. The second kappa shape index (κ2) is 4.63. The Hall–Kier alpha value is -1.07. The number of aromatic nitrogens is 2. The summed E-state index contributed by atoms with van der Waals surface area (Å²) < 4.78 is 0. The third-order valence-corrected chi connectivity index (χ3v) is 3.87. The first kappa shape index (κ1) is 10.4. The van der Waals surface area contributed by atoms with Crippen molar-refractivity contribution < 1.29 is 0 Å². The van der Waals surface area contributed by atoms with Crippen LogP contribution < -0.4 is 5.73 Å². The SMILES string of the molecule is Cc1csc(CSc2ccc(N)cn2)n1. The highest BCUT2D eigenvalue weighted by molar-refractivity contribution is 7.98. The molecule has 0 amide bonds. The van der Waals surface area contributed by atoms with Gasteiger partial charge in [-0.15, -0.1) is 11.3 Å². The molecule has 15 heavy (non-hydrogen) atoms. The van der Waals surface area contributed by atoms with Crippen molar-refractivity contribution in [1.82, 2.24) is 9.97 Å². The molecule has 0 fully saturated rings. The van der Waals surface area contributed by atoms with Crippen LogP contribution >= 0.6 is 23.1 Å². The van der Waals surface area contributed by atoms with E-state index in [-0.39, 0.29) is 0 Å². The molecule has 0 spiro atoms. The van der Waals surface area contributed by atoms with Crippen LogP contribution in [0.4, 0.5) is 5.69 Å². The molecule has 3 nitrogen and oxygen atoms in total. The topological polar surface area (TPSA) is 51.8 Å². The quantitative estimate of drug-likeness (QED) is 0.834. The van der Waals surface area contributed by atoms with E-state index in [0.717, 1.165) is 21.5 Å². The van der Waals surface area contributed by atoms with Crippen molar-refractivity contribution >= 4 is 28.8 Å². The van der Waals surface area contributed by atoms with E-state index in [0.29, 0.717) is 5.69 Å². The molecule has 5 heteroatoms. The van der Waals surface area contributed by atoms with Crippen LogP contribution in [0.15, 0.2) is 28.7 Å². The van der Waals surface area contributed by atoms with Crippen LogP contribution in [-0.2, 0) is 5.75 Å². The largest absolute Gasteiger partial charge is 0.397 e. The molecule has 2 heterocycles. The Morgan fingerprint density at radius 2 is 2.33 bits per heavy atom. The third kappa shape index (κ3) is 2.94. The standard InChI is InChI=1S/C10H11N3S2/c1-7-5-14-10(13-7)6-15-9-3-2-8(11)4-12-9/h2-5H,6,11H2,1H3. The second-order valence-corrected chi connectivity index (χ2v) is 5.04. The van der Waals surface area contributed by atoms with Crippen LogP contribution in [0.3, 0.4) is 0 Å². The van der Waals surface area contributed by atoms with E-state index in [9.17, 15) is 0 Å². The Bertz CT molecular complexity index is 436. The highest BCUT2D eigenvalue weighted by Crippen LogP contribution is 2.22. The monoisotopic (exact) mass is 237 g/mol.